The SMILES string of the molecule is COc1ccc(CS(=O)(=O)C2CCCC(C)C2)cc1CN. The first-order chi connectivity index (χ1) is 9.96. The molecule has 0 aliphatic heterocycles. The van der Waals surface area contributed by atoms with Gasteiger partial charge in [-0.15, -0.1) is 0 Å². The van der Waals surface area contributed by atoms with E-state index in [4.69, 9.17) is 10.5 Å². The summed E-state index contributed by atoms with van der Waals surface area (Å²) in [5.74, 6) is 1.32. The maximum Gasteiger partial charge on any atom is 0.157 e. The van der Waals surface area contributed by atoms with Crippen LogP contribution >= 0.6 is 0 Å². The zero-order chi connectivity index (χ0) is 15.5. The summed E-state index contributed by atoms with van der Waals surface area (Å²) < 4.78 is 30.4. The van der Waals surface area contributed by atoms with E-state index >= 15 is 0 Å². The summed E-state index contributed by atoms with van der Waals surface area (Å²) in [6.45, 7) is 2.49. The van der Waals surface area contributed by atoms with E-state index in [1.807, 2.05) is 12.1 Å². The lowest BCUT2D eigenvalue weighted by atomic mass is 9.91. The molecule has 0 spiro atoms. The van der Waals surface area contributed by atoms with Gasteiger partial charge >= 0.3 is 0 Å². The number of hydrogen-bond acceptors (Lipinski definition) is 4. The Balaban J connectivity index is 2.16. The number of sulfone groups is 1. The van der Waals surface area contributed by atoms with Gasteiger partial charge in [-0.3, -0.25) is 0 Å². The van der Waals surface area contributed by atoms with Gasteiger partial charge in [0, 0.05) is 12.1 Å². The van der Waals surface area contributed by atoms with E-state index in [9.17, 15) is 8.42 Å². The Kier molecular flexibility index (Phi) is 5.27. The Morgan fingerprint density at radius 2 is 2.10 bits per heavy atom. The van der Waals surface area contributed by atoms with Gasteiger partial charge in [-0.1, -0.05) is 25.8 Å². The van der Waals surface area contributed by atoms with Gasteiger partial charge in [0.25, 0.3) is 0 Å². The highest BCUT2D eigenvalue weighted by molar-refractivity contribution is 7.91. The molecule has 5 heteroatoms. The van der Waals surface area contributed by atoms with Gasteiger partial charge in [0.05, 0.1) is 18.1 Å². The molecule has 0 saturated heterocycles. The average Bonchev–Trinajstić information content (AvgIpc) is 2.46. The van der Waals surface area contributed by atoms with Crippen molar-refractivity contribution in [2.75, 3.05) is 7.11 Å². The van der Waals surface area contributed by atoms with E-state index < -0.39 is 9.84 Å². The Morgan fingerprint density at radius 3 is 2.71 bits per heavy atom. The minimum Gasteiger partial charge on any atom is -0.496 e. The summed E-state index contributed by atoms with van der Waals surface area (Å²) >= 11 is 0. The molecule has 2 atom stereocenters. The Bertz CT molecular complexity index is 583. The third-order valence-corrected chi connectivity index (χ3v) is 6.51. The number of ether oxygens (including phenoxy) is 1. The summed E-state index contributed by atoms with van der Waals surface area (Å²) in [6, 6.07) is 5.47. The molecule has 118 valence electrons. The molecule has 2 N–H and O–H groups in total. The predicted octanol–water partition coefficient (Wildman–Crippen LogP) is 2.65. The van der Waals surface area contributed by atoms with Gasteiger partial charge in [-0.25, -0.2) is 8.42 Å². The normalized spacial score (nSPS) is 23.0. The second-order valence-electron chi connectivity index (χ2n) is 6.05. The van der Waals surface area contributed by atoms with E-state index in [0.717, 1.165) is 36.8 Å². The van der Waals surface area contributed by atoms with Crippen molar-refractivity contribution in [2.45, 2.75) is 50.2 Å². The van der Waals surface area contributed by atoms with Crippen molar-refractivity contribution < 1.29 is 13.2 Å². The molecule has 1 fully saturated rings. The third kappa shape index (κ3) is 3.98. The molecule has 1 aliphatic carbocycles. The fourth-order valence-electron chi connectivity index (χ4n) is 3.14. The average molecular weight is 311 g/mol. The van der Waals surface area contributed by atoms with Gasteiger partial charge in [-0.05, 0) is 36.5 Å². The number of hydrogen-bond donors (Lipinski definition) is 1. The second kappa shape index (κ2) is 6.79. The monoisotopic (exact) mass is 311 g/mol. The Morgan fingerprint density at radius 1 is 1.33 bits per heavy atom. The number of methoxy groups -OCH3 is 1. The fourth-order valence-corrected chi connectivity index (χ4v) is 5.16. The van der Waals surface area contributed by atoms with Crippen LogP contribution in [0.1, 0.15) is 43.7 Å². The van der Waals surface area contributed by atoms with Gasteiger partial charge in [-0.2, -0.15) is 0 Å². The Hall–Kier alpha value is -1.07. The molecule has 2 unspecified atom stereocenters. The van der Waals surface area contributed by atoms with Crippen molar-refractivity contribution in [1.29, 1.82) is 0 Å². The van der Waals surface area contributed by atoms with Crippen LogP contribution in [0.15, 0.2) is 18.2 Å². The summed E-state index contributed by atoms with van der Waals surface area (Å²) in [5.41, 5.74) is 7.34. The highest BCUT2D eigenvalue weighted by Crippen LogP contribution is 2.30. The van der Waals surface area contributed by atoms with E-state index in [1.54, 1.807) is 13.2 Å². The van der Waals surface area contributed by atoms with Gasteiger partial charge < -0.3 is 10.5 Å². The molecular weight excluding hydrogens is 286 g/mol. The summed E-state index contributed by atoms with van der Waals surface area (Å²) in [7, 11) is -1.50. The number of benzene rings is 1. The predicted molar refractivity (Wildman–Crippen MR) is 84.9 cm³/mol. The molecule has 0 radical (unpaired) electrons. The van der Waals surface area contributed by atoms with Crippen molar-refractivity contribution in [2.24, 2.45) is 11.7 Å². The summed E-state index contributed by atoms with van der Waals surface area (Å²) in [6.07, 6.45) is 3.75. The summed E-state index contributed by atoms with van der Waals surface area (Å²) in [5, 5.41) is -0.190. The number of rotatable bonds is 5. The van der Waals surface area contributed by atoms with Crippen LogP contribution in [0.25, 0.3) is 0 Å². The van der Waals surface area contributed by atoms with Crippen molar-refractivity contribution in [1.82, 2.24) is 0 Å². The van der Waals surface area contributed by atoms with E-state index in [-0.39, 0.29) is 11.0 Å². The maximum absolute atomic E-state index is 12.6. The zero-order valence-corrected chi connectivity index (χ0v) is 13.7. The van der Waals surface area contributed by atoms with Crippen LogP contribution in [0.3, 0.4) is 0 Å². The smallest absolute Gasteiger partial charge is 0.157 e. The lowest BCUT2D eigenvalue weighted by molar-refractivity contribution is 0.381. The fraction of sp³-hybridized carbons (Fsp3) is 0.625. The van der Waals surface area contributed by atoms with Crippen molar-refractivity contribution in [3.63, 3.8) is 0 Å². The van der Waals surface area contributed by atoms with Crippen LogP contribution in [-0.2, 0) is 22.1 Å². The third-order valence-electron chi connectivity index (χ3n) is 4.33. The first-order valence-electron chi connectivity index (χ1n) is 7.53. The van der Waals surface area contributed by atoms with Crippen molar-refractivity contribution in [3.05, 3.63) is 29.3 Å². The second-order valence-corrected chi connectivity index (χ2v) is 8.33. The molecule has 1 saturated carbocycles. The minimum atomic E-state index is -3.10. The van der Waals surface area contributed by atoms with E-state index in [0.29, 0.717) is 18.2 Å². The van der Waals surface area contributed by atoms with Crippen LogP contribution in [-0.4, -0.2) is 20.8 Å². The largest absolute Gasteiger partial charge is 0.496 e. The van der Waals surface area contributed by atoms with Crippen LogP contribution in [0.4, 0.5) is 0 Å². The lowest BCUT2D eigenvalue weighted by Gasteiger charge is -2.26. The van der Waals surface area contributed by atoms with Crippen LogP contribution < -0.4 is 10.5 Å². The number of nitrogens with two attached hydrogens (primary N) is 1. The van der Waals surface area contributed by atoms with Crippen LogP contribution in [0.2, 0.25) is 0 Å². The van der Waals surface area contributed by atoms with Crippen molar-refractivity contribution >= 4 is 9.84 Å². The molecule has 2 rings (SSSR count). The van der Waals surface area contributed by atoms with Gasteiger partial charge in [0.15, 0.2) is 9.84 Å². The summed E-state index contributed by atoms with van der Waals surface area (Å²) in [4.78, 5) is 0. The molecule has 0 bridgehead atoms. The molecule has 0 heterocycles. The molecule has 21 heavy (non-hydrogen) atoms. The van der Waals surface area contributed by atoms with E-state index in [1.165, 1.54) is 0 Å². The van der Waals surface area contributed by atoms with Gasteiger partial charge in [0.1, 0.15) is 5.75 Å². The molecule has 0 amide bonds. The highest BCUT2D eigenvalue weighted by atomic mass is 32.2. The minimum absolute atomic E-state index is 0.0986. The molecule has 1 aromatic rings. The van der Waals surface area contributed by atoms with E-state index in [2.05, 4.69) is 6.92 Å². The molecular formula is C16H25NO3S. The first kappa shape index (κ1) is 16.3. The van der Waals surface area contributed by atoms with Crippen molar-refractivity contribution in [3.8, 4) is 5.75 Å². The van der Waals surface area contributed by atoms with Crippen LogP contribution in [0, 0.1) is 5.92 Å². The molecule has 0 aromatic heterocycles. The topological polar surface area (TPSA) is 69.4 Å². The standard InChI is InChI=1S/C16H25NO3S/c1-12-4-3-5-15(8-12)21(18,19)11-13-6-7-16(20-2)14(9-13)10-17/h6-7,9,12,15H,3-5,8,10-11,17H2,1-2H3. The first-order valence-corrected chi connectivity index (χ1v) is 9.25. The highest BCUT2D eigenvalue weighted by Gasteiger charge is 2.30. The zero-order valence-electron chi connectivity index (χ0n) is 12.8. The quantitative estimate of drug-likeness (QED) is 0.907. The van der Waals surface area contributed by atoms with Crippen LogP contribution in [0.5, 0.6) is 5.75 Å². The lowest BCUT2D eigenvalue weighted by Crippen LogP contribution is -2.28. The molecule has 1 aliphatic rings. The maximum atomic E-state index is 12.6. The Labute approximate surface area is 127 Å². The van der Waals surface area contributed by atoms with Gasteiger partial charge in [0.2, 0.25) is 0 Å². The molecule has 1 aromatic carbocycles. The molecule has 4 nitrogen and oxygen atoms in total.